The highest BCUT2D eigenvalue weighted by Gasteiger charge is 2.44. The molecule has 1 fully saturated rings. The number of β-amino-alcohol motifs (C(OH)–C–C–N with tert-alkyl or cyclic N) is 1. The third-order valence-corrected chi connectivity index (χ3v) is 3.44. The Bertz CT molecular complexity index is 362. The molecular formula is C14H19NO. The Balaban J connectivity index is 2.31. The van der Waals surface area contributed by atoms with Crippen LogP contribution in [0.1, 0.15) is 12.0 Å². The van der Waals surface area contributed by atoms with E-state index in [1.807, 2.05) is 36.4 Å². The summed E-state index contributed by atoms with van der Waals surface area (Å²) in [6.07, 6.45) is 2.76. The van der Waals surface area contributed by atoms with Crippen LogP contribution in [0.4, 0.5) is 0 Å². The zero-order valence-corrected chi connectivity index (χ0v) is 9.76. The molecule has 2 unspecified atom stereocenters. The number of nitrogens with zero attached hydrogens (tertiary/aromatic N) is 1. The molecule has 0 bridgehead atoms. The van der Waals surface area contributed by atoms with Gasteiger partial charge in [0, 0.05) is 19.0 Å². The van der Waals surface area contributed by atoms with Gasteiger partial charge in [-0.1, -0.05) is 36.4 Å². The number of rotatable bonds is 3. The van der Waals surface area contributed by atoms with Crippen molar-refractivity contribution >= 4 is 0 Å². The summed E-state index contributed by atoms with van der Waals surface area (Å²) < 4.78 is 0. The summed E-state index contributed by atoms with van der Waals surface area (Å²) >= 11 is 0. The third kappa shape index (κ3) is 1.91. The zero-order chi connectivity index (χ0) is 11.6. The lowest BCUT2D eigenvalue weighted by Gasteiger charge is -2.29. The number of likely N-dealkylation sites (tertiary alicyclic amines) is 1. The van der Waals surface area contributed by atoms with Gasteiger partial charge in [-0.25, -0.2) is 0 Å². The topological polar surface area (TPSA) is 23.5 Å². The number of hydrogen-bond acceptors (Lipinski definition) is 2. The molecule has 1 aromatic carbocycles. The highest BCUT2D eigenvalue weighted by atomic mass is 16.3. The average molecular weight is 217 g/mol. The largest absolute Gasteiger partial charge is 0.383 e. The van der Waals surface area contributed by atoms with Gasteiger partial charge < -0.3 is 10.0 Å². The molecule has 1 aliphatic heterocycles. The van der Waals surface area contributed by atoms with Gasteiger partial charge in [0.25, 0.3) is 0 Å². The van der Waals surface area contributed by atoms with Crippen LogP contribution in [0.3, 0.4) is 0 Å². The van der Waals surface area contributed by atoms with E-state index in [1.54, 1.807) is 0 Å². The number of hydrogen-bond donors (Lipinski definition) is 1. The Labute approximate surface area is 97.2 Å². The first-order chi connectivity index (χ1) is 7.66. The average Bonchev–Trinajstić information content (AvgIpc) is 2.57. The maximum atomic E-state index is 10.8. The fraction of sp³-hybridized carbons (Fsp3) is 0.429. The van der Waals surface area contributed by atoms with E-state index < -0.39 is 5.60 Å². The molecule has 1 saturated heterocycles. The van der Waals surface area contributed by atoms with Crippen LogP contribution in [0.25, 0.3) is 0 Å². The second-order valence-corrected chi connectivity index (χ2v) is 4.71. The van der Waals surface area contributed by atoms with E-state index in [-0.39, 0.29) is 5.92 Å². The van der Waals surface area contributed by atoms with Gasteiger partial charge in [-0.2, -0.15) is 0 Å². The molecule has 1 N–H and O–H groups in total. The molecule has 86 valence electrons. The van der Waals surface area contributed by atoms with Gasteiger partial charge in [-0.05, 0) is 19.0 Å². The minimum atomic E-state index is -0.718. The Hall–Kier alpha value is -1.12. The summed E-state index contributed by atoms with van der Waals surface area (Å²) in [5.41, 5.74) is 0.302. The van der Waals surface area contributed by atoms with Crippen LogP contribution in [0.5, 0.6) is 0 Å². The summed E-state index contributed by atoms with van der Waals surface area (Å²) in [5.74, 6) is 0.248. The van der Waals surface area contributed by atoms with Crippen LogP contribution < -0.4 is 0 Å². The van der Waals surface area contributed by atoms with E-state index in [0.29, 0.717) is 6.54 Å². The maximum absolute atomic E-state index is 10.8. The minimum Gasteiger partial charge on any atom is -0.383 e. The van der Waals surface area contributed by atoms with Crippen molar-refractivity contribution in [1.82, 2.24) is 4.90 Å². The molecule has 0 amide bonds. The standard InChI is InChI=1S/C14H19NO/c1-3-7-13-10-15(2)11-14(13,16)12-8-5-4-6-9-12/h3-6,8-9,13,16H,1,7,10-11H2,2H3. The lowest BCUT2D eigenvalue weighted by atomic mass is 9.82. The van der Waals surface area contributed by atoms with Crippen molar-refractivity contribution < 1.29 is 5.11 Å². The van der Waals surface area contributed by atoms with Crippen LogP contribution in [-0.2, 0) is 5.60 Å². The van der Waals surface area contributed by atoms with Crippen molar-refractivity contribution in [2.75, 3.05) is 20.1 Å². The molecular weight excluding hydrogens is 198 g/mol. The summed E-state index contributed by atoms with van der Waals surface area (Å²) in [6.45, 7) is 5.41. The van der Waals surface area contributed by atoms with Crippen molar-refractivity contribution in [3.8, 4) is 0 Å². The van der Waals surface area contributed by atoms with E-state index in [2.05, 4.69) is 18.5 Å². The lowest BCUT2D eigenvalue weighted by Crippen LogP contribution is -2.34. The molecule has 0 saturated carbocycles. The first-order valence-electron chi connectivity index (χ1n) is 5.74. The molecule has 16 heavy (non-hydrogen) atoms. The predicted octanol–water partition coefficient (Wildman–Crippen LogP) is 2.01. The summed E-state index contributed by atoms with van der Waals surface area (Å²) in [6, 6.07) is 9.96. The first-order valence-corrected chi connectivity index (χ1v) is 5.74. The fourth-order valence-corrected chi connectivity index (χ4v) is 2.66. The van der Waals surface area contributed by atoms with Crippen molar-refractivity contribution in [3.63, 3.8) is 0 Å². The van der Waals surface area contributed by atoms with Crippen molar-refractivity contribution in [1.29, 1.82) is 0 Å². The van der Waals surface area contributed by atoms with E-state index in [9.17, 15) is 5.11 Å². The molecule has 0 aliphatic carbocycles. The zero-order valence-electron chi connectivity index (χ0n) is 9.76. The lowest BCUT2D eigenvalue weighted by molar-refractivity contribution is 0.00935. The summed E-state index contributed by atoms with van der Waals surface area (Å²) in [4.78, 5) is 2.18. The van der Waals surface area contributed by atoms with Crippen molar-refractivity contribution in [2.45, 2.75) is 12.0 Å². The summed E-state index contributed by atoms with van der Waals surface area (Å²) in [7, 11) is 2.05. The van der Waals surface area contributed by atoms with Gasteiger partial charge in [0.2, 0.25) is 0 Å². The van der Waals surface area contributed by atoms with E-state index in [4.69, 9.17) is 0 Å². The highest BCUT2D eigenvalue weighted by Crippen LogP contribution is 2.38. The van der Waals surface area contributed by atoms with Gasteiger partial charge in [-0.3, -0.25) is 0 Å². The van der Waals surface area contributed by atoms with Crippen LogP contribution in [-0.4, -0.2) is 30.1 Å². The number of aliphatic hydroxyl groups is 1. The van der Waals surface area contributed by atoms with Crippen molar-refractivity contribution in [3.05, 3.63) is 48.6 Å². The van der Waals surface area contributed by atoms with Gasteiger partial charge in [0.05, 0.1) is 0 Å². The quantitative estimate of drug-likeness (QED) is 0.783. The molecule has 1 aliphatic rings. The normalized spacial score (nSPS) is 30.5. The molecule has 1 heterocycles. The van der Waals surface area contributed by atoms with E-state index in [1.165, 1.54) is 0 Å². The second-order valence-electron chi connectivity index (χ2n) is 4.71. The van der Waals surface area contributed by atoms with Crippen LogP contribution in [0.2, 0.25) is 0 Å². The van der Waals surface area contributed by atoms with Gasteiger partial charge in [0.15, 0.2) is 0 Å². The molecule has 1 aromatic rings. The van der Waals surface area contributed by atoms with Crippen LogP contribution in [0, 0.1) is 5.92 Å². The molecule has 2 atom stereocenters. The van der Waals surface area contributed by atoms with Crippen LogP contribution >= 0.6 is 0 Å². The SMILES string of the molecule is C=CCC1CN(C)CC1(O)c1ccccc1. The predicted molar refractivity (Wildman–Crippen MR) is 66.1 cm³/mol. The molecule has 2 rings (SSSR count). The fourth-order valence-electron chi connectivity index (χ4n) is 2.66. The molecule has 2 nitrogen and oxygen atoms in total. The van der Waals surface area contributed by atoms with Gasteiger partial charge in [-0.15, -0.1) is 6.58 Å². The number of likely N-dealkylation sites (N-methyl/N-ethyl adjacent to an activating group) is 1. The molecule has 0 spiro atoms. The van der Waals surface area contributed by atoms with Gasteiger partial charge >= 0.3 is 0 Å². The van der Waals surface area contributed by atoms with Crippen molar-refractivity contribution in [2.24, 2.45) is 5.92 Å². The minimum absolute atomic E-state index is 0.248. The number of benzene rings is 1. The molecule has 2 heteroatoms. The Morgan fingerprint density at radius 2 is 2.19 bits per heavy atom. The Kier molecular flexibility index (Phi) is 3.13. The smallest absolute Gasteiger partial charge is 0.107 e. The van der Waals surface area contributed by atoms with E-state index in [0.717, 1.165) is 18.5 Å². The monoisotopic (exact) mass is 217 g/mol. The van der Waals surface area contributed by atoms with Crippen LogP contribution in [0.15, 0.2) is 43.0 Å². The Morgan fingerprint density at radius 3 is 2.81 bits per heavy atom. The number of allylic oxidation sites excluding steroid dienone is 1. The van der Waals surface area contributed by atoms with E-state index >= 15 is 0 Å². The first kappa shape index (κ1) is 11.4. The Morgan fingerprint density at radius 1 is 1.50 bits per heavy atom. The summed E-state index contributed by atoms with van der Waals surface area (Å²) in [5, 5.41) is 10.8. The highest BCUT2D eigenvalue weighted by molar-refractivity contribution is 5.25. The maximum Gasteiger partial charge on any atom is 0.107 e. The second kappa shape index (κ2) is 4.40. The van der Waals surface area contributed by atoms with Gasteiger partial charge in [0.1, 0.15) is 5.60 Å². The third-order valence-electron chi connectivity index (χ3n) is 3.44. The molecule has 0 radical (unpaired) electrons. The molecule has 0 aromatic heterocycles.